The molecule has 5 heteroatoms. The molecule has 0 atom stereocenters. The fourth-order valence-corrected chi connectivity index (χ4v) is 1.53. The Labute approximate surface area is 112 Å². The molecule has 0 radical (unpaired) electrons. The number of hydrogen-bond acceptors (Lipinski definition) is 5. The maximum atomic E-state index is 5.74. The zero-order chi connectivity index (χ0) is 13.7. The highest BCUT2D eigenvalue weighted by atomic mass is 16.5. The molecule has 2 aromatic rings. The zero-order valence-corrected chi connectivity index (χ0v) is 11.3. The van der Waals surface area contributed by atoms with E-state index in [1.807, 2.05) is 38.1 Å². The molecule has 2 rings (SSSR count). The first kappa shape index (κ1) is 13.1. The number of benzene rings is 1. The Morgan fingerprint density at radius 3 is 2.47 bits per heavy atom. The van der Waals surface area contributed by atoms with Gasteiger partial charge in [-0.2, -0.15) is 4.98 Å². The van der Waals surface area contributed by atoms with Crippen molar-refractivity contribution in [2.45, 2.75) is 13.8 Å². The predicted octanol–water partition coefficient (Wildman–Crippen LogP) is 3.02. The Kier molecular flexibility index (Phi) is 4.18. The average Bonchev–Trinajstić information content (AvgIpc) is 2.44. The summed E-state index contributed by atoms with van der Waals surface area (Å²) in [7, 11) is 1.77. The van der Waals surface area contributed by atoms with Crippen LogP contribution in [0.3, 0.4) is 0 Å². The second-order valence-corrected chi connectivity index (χ2v) is 3.94. The van der Waals surface area contributed by atoms with Gasteiger partial charge in [-0.15, -0.1) is 0 Å². The van der Waals surface area contributed by atoms with Crippen LogP contribution in [0.4, 0.5) is 5.95 Å². The number of ether oxygens (including phenoxy) is 2. The van der Waals surface area contributed by atoms with E-state index in [9.17, 15) is 0 Å². The molecule has 0 aliphatic carbocycles. The van der Waals surface area contributed by atoms with Crippen LogP contribution in [0, 0.1) is 6.92 Å². The smallest absolute Gasteiger partial charge is 0.226 e. The molecule has 1 aromatic heterocycles. The lowest BCUT2D eigenvalue weighted by atomic mass is 10.3. The van der Waals surface area contributed by atoms with Crippen molar-refractivity contribution >= 4 is 5.95 Å². The zero-order valence-electron chi connectivity index (χ0n) is 11.3. The van der Waals surface area contributed by atoms with Gasteiger partial charge in [0, 0.05) is 18.8 Å². The first-order valence-electron chi connectivity index (χ1n) is 6.15. The number of aromatic nitrogens is 2. The lowest BCUT2D eigenvalue weighted by Crippen LogP contribution is -1.99. The van der Waals surface area contributed by atoms with Crippen LogP contribution in [-0.4, -0.2) is 23.6 Å². The minimum atomic E-state index is 0.534. The summed E-state index contributed by atoms with van der Waals surface area (Å²) in [4.78, 5) is 8.38. The van der Waals surface area contributed by atoms with Crippen molar-refractivity contribution in [2.75, 3.05) is 19.0 Å². The lowest BCUT2D eigenvalue weighted by Gasteiger charge is -2.09. The van der Waals surface area contributed by atoms with Crippen molar-refractivity contribution in [3.63, 3.8) is 0 Å². The van der Waals surface area contributed by atoms with E-state index >= 15 is 0 Å². The summed E-state index contributed by atoms with van der Waals surface area (Å²) >= 11 is 0. The Balaban J connectivity index is 2.16. The summed E-state index contributed by atoms with van der Waals surface area (Å²) in [6, 6.07) is 7.44. The van der Waals surface area contributed by atoms with Gasteiger partial charge in [0.1, 0.15) is 11.5 Å². The van der Waals surface area contributed by atoms with Gasteiger partial charge in [-0.1, -0.05) is 0 Å². The summed E-state index contributed by atoms with van der Waals surface area (Å²) in [6.45, 7) is 4.51. The molecule has 0 saturated carbocycles. The molecule has 100 valence electrons. The molecule has 0 unspecified atom stereocenters. The van der Waals surface area contributed by atoms with E-state index in [2.05, 4.69) is 15.3 Å². The fraction of sp³-hybridized carbons (Fsp3) is 0.286. The number of hydrogen-bond donors (Lipinski definition) is 1. The van der Waals surface area contributed by atoms with Crippen LogP contribution in [-0.2, 0) is 0 Å². The summed E-state index contributed by atoms with van der Waals surface area (Å²) in [6.07, 6.45) is 1.72. The molecule has 0 aliphatic rings. The number of anilines is 1. The Bertz CT molecular complexity index is 541. The van der Waals surface area contributed by atoms with Crippen molar-refractivity contribution in [1.29, 1.82) is 0 Å². The summed E-state index contributed by atoms with van der Waals surface area (Å²) in [5.41, 5.74) is 0.882. The largest absolute Gasteiger partial charge is 0.494 e. The van der Waals surface area contributed by atoms with Crippen LogP contribution in [0.5, 0.6) is 17.4 Å². The van der Waals surface area contributed by atoms with E-state index < -0.39 is 0 Å². The molecule has 1 N–H and O–H groups in total. The van der Waals surface area contributed by atoms with Crippen molar-refractivity contribution in [1.82, 2.24) is 9.97 Å². The van der Waals surface area contributed by atoms with Gasteiger partial charge in [0.15, 0.2) is 0 Å². The number of aryl methyl sites for hydroxylation is 1. The Morgan fingerprint density at radius 1 is 1.16 bits per heavy atom. The fourth-order valence-electron chi connectivity index (χ4n) is 1.53. The van der Waals surface area contributed by atoms with Crippen molar-refractivity contribution < 1.29 is 9.47 Å². The van der Waals surface area contributed by atoms with Gasteiger partial charge in [-0.25, -0.2) is 4.98 Å². The minimum absolute atomic E-state index is 0.534. The van der Waals surface area contributed by atoms with Crippen LogP contribution < -0.4 is 14.8 Å². The van der Waals surface area contributed by atoms with Crippen LogP contribution in [0.2, 0.25) is 0 Å². The van der Waals surface area contributed by atoms with E-state index in [0.29, 0.717) is 24.2 Å². The van der Waals surface area contributed by atoms with Crippen LogP contribution >= 0.6 is 0 Å². The Morgan fingerprint density at radius 2 is 1.84 bits per heavy atom. The third-order valence-corrected chi connectivity index (χ3v) is 2.50. The highest BCUT2D eigenvalue weighted by molar-refractivity contribution is 5.37. The number of nitrogens with one attached hydrogen (secondary N) is 1. The highest BCUT2D eigenvalue weighted by Crippen LogP contribution is 2.25. The predicted molar refractivity (Wildman–Crippen MR) is 74.0 cm³/mol. The van der Waals surface area contributed by atoms with Gasteiger partial charge >= 0.3 is 0 Å². The quantitative estimate of drug-likeness (QED) is 0.894. The normalized spacial score (nSPS) is 10.1. The molecule has 1 aromatic carbocycles. The highest BCUT2D eigenvalue weighted by Gasteiger charge is 2.05. The lowest BCUT2D eigenvalue weighted by molar-refractivity contribution is 0.339. The molecule has 0 aliphatic heterocycles. The molecular formula is C14H17N3O2. The average molecular weight is 259 g/mol. The molecule has 0 fully saturated rings. The topological polar surface area (TPSA) is 56.3 Å². The molecule has 1 heterocycles. The second-order valence-electron chi connectivity index (χ2n) is 3.94. The monoisotopic (exact) mass is 259 g/mol. The maximum absolute atomic E-state index is 5.74. The van der Waals surface area contributed by atoms with E-state index in [1.54, 1.807) is 13.2 Å². The van der Waals surface area contributed by atoms with Gasteiger partial charge in [0.25, 0.3) is 0 Å². The van der Waals surface area contributed by atoms with Crippen molar-refractivity contribution in [3.05, 3.63) is 36.0 Å². The second kappa shape index (κ2) is 6.04. The third kappa shape index (κ3) is 3.34. The summed E-state index contributed by atoms with van der Waals surface area (Å²) < 4.78 is 11.1. The maximum Gasteiger partial charge on any atom is 0.226 e. The molecule has 0 amide bonds. The number of rotatable bonds is 5. The van der Waals surface area contributed by atoms with Crippen LogP contribution in [0.15, 0.2) is 30.5 Å². The first-order valence-corrected chi connectivity index (χ1v) is 6.15. The minimum Gasteiger partial charge on any atom is -0.494 e. The molecule has 0 bridgehead atoms. The number of nitrogens with zero attached hydrogens (tertiary/aromatic N) is 2. The van der Waals surface area contributed by atoms with Gasteiger partial charge in [-0.3, -0.25) is 0 Å². The SMILES string of the molecule is CCOc1ccc(Oc2nc(NC)ncc2C)cc1. The van der Waals surface area contributed by atoms with Gasteiger partial charge in [0.05, 0.1) is 6.61 Å². The van der Waals surface area contributed by atoms with Gasteiger partial charge < -0.3 is 14.8 Å². The van der Waals surface area contributed by atoms with E-state index in [1.165, 1.54) is 0 Å². The van der Waals surface area contributed by atoms with Gasteiger partial charge in [-0.05, 0) is 38.1 Å². The molecule has 5 nitrogen and oxygen atoms in total. The summed E-state index contributed by atoms with van der Waals surface area (Å²) in [5.74, 6) is 2.62. The van der Waals surface area contributed by atoms with Crippen molar-refractivity contribution in [3.8, 4) is 17.4 Å². The first-order chi connectivity index (χ1) is 9.22. The third-order valence-electron chi connectivity index (χ3n) is 2.50. The van der Waals surface area contributed by atoms with Gasteiger partial charge in [0.2, 0.25) is 11.8 Å². The van der Waals surface area contributed by atoms with Crippen LogP contribution in [0.25, 0.3) is 0 Å². The standard InChI is InChI=1S/C14H17N3O2/c1-4-18-11-5-7-12(8-6-11)19-13-10(2)9-16-14(15-3)17-13/h5-9H,4H2,1-3H3,(H,15,16,17). The molecular weight excluding hydrogens is 242 g/mol. The van der Waals surface area contributed by atoms with E-state index in [4.69, 9.17) is 9.47 Å². The molecule has 0 saturated heterocycles. The molecule has 19 heavy (non-hydrogen) atoms. The van der Waals surface area contributed by atoms with Crippen molar-refractivity contribution in [2.24, 2.45) is 0 Å². The Hall–Kier alpha value is -2.30. The molecule has 0 spiro atoms. The van der Waals surface area contributed by atoms with Crippen LogP contribution in [0.1, 0.15) is 12.5 Å². The van der Waals surface area contributed by atoms with E-state index in [0.717, 1.165) is 11.3 Å². The summed E-state index contributed by atoms with van der Waals surface area (Å²) in [5, 5.41) is 2.88. The van der Waals surface area contributed by atoms with E-state index in [-0.39, 0.29) is 0 Å².